The number of aromatic amines is 1. The van der Waals surface area contributed by atoms with E-state index in [1.165, 1.54) is 24.3 Å². The van der Waals surface area contributed by atoms with Crippen LogP contribution in [0.2, 0.25) is 0 Å². The van der Waals surface area contributed by atoms with Crippen LogP contribution in [0.3, 0.4) is 0 Å². The fourth-order valence-corrected chi connectivity index (χ4v) is 4.88. The van der Waals surface area contributed by atoms with Crippen molar-refractivity contribution in [1.82, 2.24) is 9.97 Å². The standard InChI is InChI=1S/C24H20FN3O4S/c25-20-4-1-3-19(15-20)24-22(17-9-11-26-12-10-17)16-23(27-24)18-5-7-21(8-6-18)33(31,32)14-2-13-28(29)30/h1,3-12,15-16,27H,2,13-14H2. The Hall–Kier alpha value is -3.85. The number of pyridine rings is 1. The van der Waals surface area contributed by atoms with Crippen LogP contribution in [-0.4, -0.2) is 35.6 Å². The van der Waals surface area contributed by atoms with Crippen molar-refractivity contribution >= 4 is 9.84 Å². The predicted molar refractivity (Wildman–Crippen MR) is 123 cm³/mol. The summed E-state index contributed by atoms with van der Waals surface area (Å²) in [6.45, 7) is -0.388. The van der Waals surface area contributed by atoms with E-state index in [4.69, 9.17) is 0 Å². The molecule has 0 aliphatic rings. The number of H-pyrrole nitrogens is 1. The van der Waals surface area contributed by atoms with Crippen molar-refractivity contribution in [2.45, 2.75) is 11.3 Å². The molecule has 2 aromatic carbocycles. The number of hydrogen-bond acceptors (Lipinski definition) is 5. The molecule has 1 N–H and O–H groups in total. The molecule has 33 heavy (non-hydrogen) atoms. The van der Waals surface area contributed by atoms with Gasteiger partial charge in [0.15, 0.2) is 9.84 Å². The summed E-state index contributed by atoms with van der Waals surface area (Å²) in [5.41, 5.74) is 4.65. The summed E-state index contributed by atoms with van der Waals surface area (Å²) in [6.07, 6.45) is 3.31. The molecule has 0 saturated carbocycles. The Kier molecular flexibility index (Phi) is 6.32. The molecule has 4 rings (SSSR count). The molecule has 0 aliphatic heterocycles. The van der Waals surface area contributed by atoms with Crippen molar-refractivity contribution in [2.24, 2.45) is 0 Å². The maximum atomic E-state index is 13.9. The minimum absolute atomic E-state index is 0.0417. The average molecular weight is 466 g/mol. The summed E-state index contributed by atoms with van der Waals surface area (Å²) in [4.78, 5) is 17.4. The fraction of sp³-hybridized carbons (Fsp3) is 0.125. The van der Waals surface area contributed by atoms with E-state index in [0.717, 1.165) is 28.1 Å². The van der Waals surface area contributed by atoms with E-state index in [2.05, 4.69) is 9.97 Å². The number of nitro groups is 1. The van der Waals surface area contributed by atoms with E-state index in [-0.39, 0.29) is 29.4 Å². The molecule has 0 spiro atoms. The molecular formula is C24H20FN3O4S. The van der Waals surface area contributed by atoms with Gasteiger partial charge in [0.05, 0.1) is 16.3 Å². The van der Waals surface area contributed by atoms with Crippen molar-refractivity contribution in [3.63, 3.8) is 0 Å². The van der Waals surface area contributed by atoms with E-state index in [0.29, 0.717) is 5.56 Å². The number of aromatic nitrogens is 2. The lowest BCUT2D eigenvalue weighted by atomic mass is 10.0. The Morgan fingerprint density at radius 2 is 1.67 bits per heavy atom. The van der Waals surface area contributed by atoms with E-state index >= 15 is 0 Å². The Labute approximate surface area is 190 Å². The topological polar surface area (TPSA) is 106 Å². The van der Waals surface area contributed by atoms with Crippen LogP contribution in [0.4, 0.5) is 4.39 Å². The van der Waals surface area contributed by atoms with Crippen LogP contribution in [0.5, 0.6) is 0 Å². The molecule has 0 saturated heterocycles. The largest absolute Gasteiger partial charge is 0.354 e. The lowest BCUT2D eigenvalue weighted by molar-refractivity contribution is -0.479. The summed E-state index contributed by atoms with van der Waals surface area (Å²) < 4.78 is 38.8. The Bertz CT molecular complexity index is 1380. The third-order valence-electron chi connectivity index (χ3n) is 5.20. The molecule has 0 unspecified atom stereocenters. The van der Waals surface area contributed by atoms with Crippen molar-refractivity contribution < 1.29 is 17.7 Å². The summed E-state index contributed by atoms with van der Waals surface area (Å²) in [5.74, 6) is -0.637. The van der Waals surface area contributed by atoms with E-state index in [9.17, 15) is 22.9 Å². The van der Waals surface area contributed by atoms with Crippen LogP contribution in [0, 0.1) is 15.9 Å². The first kappa shape index (κ1) is 22.3. The number of halogens is 1. The summed E-state index contributed by atoms with van der Waals surface area (Å²) >= 11 is 0. The lowest BCUT2D eigenvalue weighted by Crippen LogP contribution is -2.11. The quantitative estimate of drug-likeness (QED) is 0.291. The Morgan fingerprint density at radius 1 is 0.939 bits per heavy atom. The molecule has 0 bridgehead atoms. The second-order valence-corrected chi connectivity index (χ2v) is 9.58. The van der Waals surface area contributed by atoms with Gasteiger partial charge in [0.25, 0.3) is 0 Å². The molecule has 7 nitrogen and oxygen atoms in total. The van der Waals surface area contributed by atoms with Gasteiger partial charge in [-0.15, -0.1) is 0 Å². The summed E-state index contributed by atoms with van der Waals surface area (Å²) in [5, 5.41) is 10.5. The number of hydrogen-bond donors (Lipinski definition) is 1. The van der Waals surface area contributed by atoms with Crippen LogP contribution in [-0.2, 0) is 9.84 Å². The molecule has 168 valence electrons. The van der Waals surface area contributed by atoms with Gasteiger partial charge in [-0.05, 0) is 53.6 Å². The smallest absolute Gasteiger partial charge is 0.204 e. The van der Waals surface area contributed by atoms with Crippen molar-refractivity contribution in [3.8, 4) is 33.6 Å². The molecule has 0 atom stereocenters. The first-order valence-electron chi connectivity index (χ1n) is 10.2. The average Bonchev–Trinajstić information content (AvgIpc) is 3.25. The normalized spacial score (nSPS) is 11.4. The third-order valence-corrected chi connectivity index (χ3v) is 7.02. The molecular weight excluding hydrogens is 445 g/mol. The SMILES string of the molecule is O=[N+]([O-])CCCS(=O)(=O)c1ccc(-c2cc(-c3ccncc3)c(-c3cccc(F)c3)[nH]2)cc1. The van der Waals surface area contributed by atoms with Crippen molar-refractivity contribution in [1.29, 1.82) is 0 Å². The molecule has 4 aromatic rings. The minimum atomic E-state index is -3.61. The molecule has 2 heterocycles. The third kappa shape index (κ3) is 5.15. The van der Waals surface area contributed by atoms with Gasteiger partial charge in [-0.2, -0.15) is 0 Å². The fourth-order valence-electron chi connectivity index (χ4n) is 3.58. The van der Waals surface area contributed by atoms with Gasteiger partial charge >= 0.3 is 0 Å². The highest BCUT2D eigenvalue weighted by Crippen LogP contribution is 2.36. The molecule has 2 aromatic heterocycles. The highest BCUT2D eigenvalue weighted by atomic mass is 32.2. The number of sulfone groups is 1. The Morgan fingerprint density at radius 3 is 2.33 bits per heavy atom. The zero-order valence-electron chi connectivity index (χ0n) is 17.4. The first-order valence-corrected chi connectivity index (χ1v) is 11.8. The number of nitrogens with one attached hydrogen (secondary N) is 1. The zero-order valence-corrected chi connectivity index (χ0v) is 18.3. The van der Waals surface area contributed by atoms with E-state index in [1.54, 1.807) is 30.6 Å². The van der Waals surface area contributed by atoms with Crippen molar-refractivity contribution in [2.75, 3.05) is 12.3 Å². The van der Waals surface area contributed by atoms with E-state index in [1.807, 2.05) is 24.3 Å². The van der Waals surface area contributed by atoms with E-state index < -0.39 is 14.8 Å². The highest BCUT2D eigenvalue weighted by molar-refractivity contribution is 7.91. The van der Waals surface area contributed by atoms with Gasteiger partial charge < -0.3 is 4.98 Å². The maximum Gasteiger partial charge on any atom is 0.204 e. The Balaban J connectivity index is 1.69. The van der Waals surface area contributed by atoms with Gasteiger partial charge in [0.1, 0.15) is 5.82 Å². The van der Waals surface area contributed by atoms with Crippen LogP contribution in [0.15, 0.2) is 84.0 Å². The highest BCUT2D eigenvalue weighted by Gasteiger charge is 2.17. The first-order chi connectivity index (χ1) is 15.8. The summed E-state index contributed by atoms with van der Waals surface area (Å²) in [6, 6.07) is 18.3. The van der Waals surface area contributed by atoms with Gasteiger partial charge in [-0.1, -0.05) is 24.3 Å². The lowest BCUT2D eigenvalue weighted by Gasteiger charge is -2.05. The number of benzene rings is 2. The minimum Gasteiger partial charge on any atom is -0.354 e. The monoisotopic (exact) mass is 465 g/mol. The summed E-state index contributed by atoms with van der Waals surface area (Å²) in [7, 11) is -3.61. The maximum absolute atomic E-state index is 13.9. The molecule has 0 fully saturated rings. The molecule has 0 aliphatic carbocycles. The van der Waals surface area contributed by atoms with Gasteiger partial charge in [-0.3, -0.25) is 15.1 Å². The second kappa shape index (κ2) is 9.33. The molecule has 0 amide bonds. The number of nitrogens with zero attached hydrogens (tertiary/aromatic N) is 2. The van der Waals surface area contributed by atoms with Gasteiger partial charge in [-0.25, -0.2) is 12.8 Å². The van der Waals surface area contributed by atoms with Crippen LogP contribution >= 0.6 is 0 Å². The second-order valence-electron chi connectivity index (χ2n) is 7.47. The van der Waals surface area contributed by atoms with Crippen LogP contribution < -0.4 is 0 Å². The van der Waals surface area contributed by atoms with Crippen LogP contribution in [0.25, 0.3) is 33.6 Å². The van der Waals surface area contributed by atoms with Crippen molar-refractivity contribution in [3.05, 3.63) is 95.1 Å². The van der Waals surface area contributed by atoms with Crippen LogP contribution in [0.1, 0.15) is 6.42 Å². The number of rotatable bonds is 8. The van der Waals surface area contributed by atoms with Gasteiger partial charge in [0.2, 0.25) is 6.54 Å². The zero-order chi connectivity index (χ0) is 23.4. The molecule has 0 radical (unpaired) electrons. The van der Waals surface area contributed by atoms with Gasteiger partial charge in [0, 0.05) is 40.6 Å². The molecule has 9 heteroatoms. The predicted octanol–water partition coefficient (Wildman–Crippen LogP) is 4.99.